The van der Waals surface area contributed by atoms with Crippen molar-refractivity contribution in [1.29, 1.82) is 0 Å². The number of rotatable bonds is 8. The van der Waals surface area contributed by atoms with Crippen molar-refractivity contribution >= 4 is 12.4 Å². The molecule has 166 valence electrons. The summed E-state index contributed by atoms with van der Waals surface area (Å²) in [4.78, 5) is 9.55. The molecule has 31 heavy (non-hydrogen) atoms. The first-order chi connectivity index (χ1) is 15.0. The van der Waals surface area contributed by atoms with Gasteiger partial charge in [0, 0.05) is 23.6 Å². The molecule has 1 aliphatic rings. The highest BCUT2D eigenvalue weighted by Crippen LogP contribution is 2.29. The van der Waals surface area contributed by atoms with Gasteiger partial charge >= 0.3 is 0 Å². The third-order valence-electron chi connectivity index (χ3n) is 6.36. The van der Waals surface area contributed by atoms with Crippen LogP contribution in [0.2, 0.25) is 0 Å². The molecule has 1 saturated carbocycles. The summed E-state index contributed by atoms with van der Waals surface area (Å²) >= 11 is 0. The Kier molecular flexibility index (Phi) is 7.89. The second-order valence-electron chi connectivity index (χ2n) is 8.48. The molecule has 0 aromatic heterocycles. The highest BCUT2D eigenvalue weighted by molar-refractivity contribution is 5.85. The quantitative estimate of drug-likeness (QED) is 0.530. The summed E-state index contributed by atoms with van der Waals surface area (Å²) in [5.74, 6) is 0.711. The number of hydrogen-bond donors (Lipinski definition) is 2. The van der Waals surface area contributed by atoms with Gasteiger partial charge in [0.15, 0.2) is 0 Å². The summed E-state index contributed by atoms with van der Waals surface area (Å²) in [5, 5.41) is 21.0. The molecule has 0 bridgehead atoms. The highest BCUT2D eigenvalue weighted by atomic mass is 16.3. The zero-order valence-electron chi connectivity index (χ0n) is 19.4. The van der Waals surface area contributed by atoms with Crippen LogP contribution in [0, 0.1) is 0 Å². The number of nitrogens with zero attached hydrogens (tertiary/aromatic N) is 2. The van der Waals surface area contributed by atoms with Gasteiger partial charge in [-0.1, -0.05) is 39.8 Å². The maximum atomic E-state index is 10.5. The molecule has 2 unspecified atom stereocenters. The molecule has 3 rings (SSSR count). The molecule has 2 aromatic rings. The second-order valence-corrected chi connectivity index (χ2v) is 8.48. The molecule has 2 N–H and O–H groups in total. The van der Waals surface area contributed by atoms with Gasteiger partial charge in [0.25, 0.3) is 0 Å². The van der Waals surface area contributed by atoms with Crippen LogP contribution in [-0.2, 0) is 25.7 Å². The Bertz CT molecular complexity index is 885. The van der Waals surface area contributed by atoms with Gasteiger partial charge in [0.05, 0.1) is 12.1 Å². The van der Waals surface area contributed by atoms with E-state index >= 15 is 0 Å². The Labute approximate surface area is 186 Å². The minimum Gasteiger partial charge on any atom is -0.507 e. The average Bonchev–Trinajstić information content (AvgIpc) is 3.25. The third kappa shape index (κ3) is 5.55. The molecule has 1 fully saturated rings. The number of aryl methyl sites for hydroxylation is 4. The monoisotopic (exact) mass is 420 g/mol. The molecule has 0 spiro atoms. The van der Waals surface area contributed by atoms with Crippen molar-refractivity contribution in [1.82, 2.24) is 0 Å². The van der Waals surface area contributed by atoms with Gasteiger partial charge in [-0.2, -0.15) is 0 Å². The first-order valence-electron chi connectivity index (χ1n) is 11.7. The van der Waals surface area contributed by atoms with E-state index in [9.17, 15) is 10.2 Å². The largest absolute Gasteiger partial charge is 0.507 e. The zero-order chi connectivity index (χ0) is 22.4. The van der Waals surface area contributed by atoms with Gasteiger partial charge in [0.2, 0.25) is 0 Å². The number of aliphatic imine (C=N–C) groups is 2. The highest BCUT2D eigenvalue weighted by Gasteiger charge is 2.23. The predicted octanol–water partition coefficient (Wildman–Crippen LogP) is 5.81. The molecule has 1 aliphatic carbocycles. The molecule has 2 atom stereocenters. The summed E-state index contributed by atoms with van der Waals surface area (Å²) in [5.41, 5.74) is 6.05. The molecule has 0 radical (unpaired) electrons. The lowest BCUT2D eigenvalue weighted by atomic mass is 10.0. The molecule has 0 aliphatic heterocycles. The van der Waals surface area contributed by atoms with Crippen LogP contribution >= 0.6 is 0 Å². The molecule has 4 heteroatoms. The number of aromatic hydroxyl groups is 2. The van der Waals surface area contributed by atoms with Crippen LogP contribution in [0.25, 0.3) is 0 Å². The lowest BCUT2D eigenvalue weighted by molar-refractivity contribution is 0.467. The van der Waals surface area contributed by atoms with Crippen LogP contribution < -0.4 is 0 Å². The fraction of sp³-hybridized carbons (Fsp3) is 0.481. The Morgan fingerprint density at radius 1 is 0.710 bits per heavy atom. The van der Waals surface area contributed by atoms with E-state index < -0.39 is 0 Å². The zero-order valence-corrected chi connectivity index (χ0v) is 19.4. The summed E-state index contributed by atoms with van der Waals surface area (Å²) < 4.78 is 0. The van der Waals surface area contributed by atoms with Crippen molar-refractivity contribution < 1.29 is 10.2 Å². The lowest BCUT2D eigenvalue weighted by Gasteiger charge is -2.10. The van der Waals surface area contributed by atoms with Crippen LogP contribution in [0.15, 0.2) is 34.3 Å². The predicted molar refractivity (Wildman–Crippen MR) is 130 cm³/mol. The Morgan fingerprint density at radius 2 is 1.13 bits per heavy atom. The molecule has 0 saturated heterocycles. The average molecular weight is 421 g/mol. The normalized spacial score (nSPS) is 19.1. The minimum absolute atomic E-state index is 0.221. The minimum atomic E-state index is 0.221. The van der Waals surface area contributed by atoms with Crippen molar-refractivity contribution in [3.8, 4) is 11.5 Å². The van der Waals surface area contributed by atoms with Crippen molar-refractivity contribution in [2.24, 2.45) is 9.98 Å². The van der Waals surface area contributed by atoms with Gasteiger partial charge in [-0.15, -0.1) is 0 Å². The first kappa shape index (κ1) is 23.1. The van der Waals surface area contributed by atoms with Crippen LogP contribution in [0.4, 0.5) is 0 Å². The Morgan fingerprint density at radius 3 is 1.48 bits per heavy atom. The summed E-state index contributed by atoms with van der Waals surface area (Å²) in [6.45, 7) is 8.38. The lowest BCUT2D eigenvalue weighted by Crippen LogP contribution is -2.03. The van der Waals surface area contributed by atoms with Gasteiger partial charge < -0.3 is 10.2 Å². The van der Waals surface area contributed by atoms with Crippen LogP contribution in [-0.4, -0.2) is 34.7 Å². The van der Waals surface area contributed by atoms with E-state index in [2.05, 4.69) is 39.8 Å². The standard InChI is InChI=1S/C27H36N2O2/c1-5-18-11-20(7-3)26(30)22(13-18)16-28-24-9-10-25(15-24)29-17-23-14-19(6-2)12-21(8-4)27(23)31/h11-14,16-17,24-25,30-31H,5-10,15H2,1-4H3. The van der Waals surface area contributed by atoms with E-state index in [4.69, 9.17) is 9.98 Å². The van der Waals surface area contributed by atoms with Crippen molar-refractivity contribution in [3.63, 3.8) is 0 Å². The molecular weight excluding hydrogens is 384 g/mol. The molecule has 4 nitrogen and oxygen atoms in total. The number of phenols is 2. The summed E-state index contributed by atoms with van der Waals surface area (Å²) in [6.07, 6.45) is 10.1. The summed E-state index contributed by atoms with van der Waals surface area (Å²) in [7, 11) is 0. The van der Waals surface area contributed by atoms with E-state index in [0.29, 0.717) is 11.5 Å². The fourth-order valence-electron chi connectivity index (χ4n) is 4.30. The summed E-state index contributed by atoms with van der Waals surface area (Å²) in [6, 6.07) is 8.69. The van der Waals surface area contributed by atoms with Crippen LogP contribution in [0.1, 0.15) is 80.3 Å². The van der Waals surface area contributed by atoms with Gasteiger partial charge in [0.1, 0.15) is 11.5 Å². The first-order valence-corrected chi connectivity index (χ1v) is 11.7. The van der Waals surface area contributed by atoms with E-state index in [-0.39, 0.29) is 12.1 Å². The van der Waals surface area contributed by atoms with E-state index in [0.717, 1.165) is 67.2 Å². The smallest absolute Gasteiger partial charge is 0.127 e. The fourth-order valence-corrected chi connectivity index (χ4v) is 4.30. The van der Waals surface area contributed by atoms with Crippen molar-refractivity contribution in [3.05, 3.63) is 57.6 Å². The van der Waals surface area contributed by atoms with Crippen molar-refractivity contribution in [2.75, 3.05) is 0 Å². The molecule has 0 heterocycles. The maximum absolute atomic E-state index is 10.5. The maximum Gasteiger partial charge on any atom is 0.127 e. The van der Waals surface area contributed by atoms with E-state index in [1.165, 1.54) is 11.1 Å². The SMILES string of the molecule is CCc1cc(C=NC2CCC(N=Cc3cc(CC)cc(CC)c3O)C2)c(O)c(CC)c1. The molecule has 2 aromatic carbocycles. The van der Waals surface area contributed by atoms with Crippen LogP contribution in [0.5, 0.6) is 11.5 Å². The van der Waals surface area contributed by atoms with Crippen LogP contribution in [0.3, 0.4) is 0 Å². The van der Waals surface area contributed by atoms with Gasteiger partial charge in [-0.05, 0) is 79.3 Å². The Balaban J connectivity index is 1.69. The van der Waals surface area contributed by atoms with Gasteiger partial charge in [-0.3, -0.25) is 9.98 Å². The molecular formula is C27H36N2O2. The number of hydrogen-bond acceptors (Lipinski definition) is 4. The van der Waals surface area contributed by atoms with E-state index in [1.807, 2.05) is 24.6 Å². The second kappa shape index (κ2) is 10.6. The number of phenolic OH excluding ortho intramolecular Hbond substituents is 2. The third-order valence-corrected chi connectivity index (χ3v) is 6.36. The molecule has 0 amide bonds. The van der Waals surface area contributed by atoms with E-state index in [1.54, 1.807) is 0 Å². The Hall–Kier alpha value is -2.62. The van der Waals surface area contributed by atoms with Crippen molar-refractivity contribution in [2.45, 2.75) is 84.7 Å². The topological polar surface area (TPSA) is 65.2 Å². The van der Waals surface area contributed by atoms with Gasteiger partial charge in [-0.25, -0.2) is 0 Å². The number of benzene rings is 2.